The van der Waals surface area contributed by atoms with Crippen molar-refractivity contribution in [2.75, 3.05) is 12.0 Å². The molecule has 0 fully saturated rings. The maximum atomic E-state index is 13.6. The topological polar surface area (TPSA) is 73.2 Å². The highest BCUT2D eigenvalue weighted by Crippen LogP contribution is 2.27. The van der Waals surface area contributed by atoms with Crippen molar-refractivity contribution >= 4 is 29.7 Å². The summed E-state index contributed by atoms with van der Waals surface area (Å²) < 4.78 is 21.1. The fourth-order valence-electron chi connectivity index (χ4n) is 3.72. The van der Waals surface area contributed by atoms with Crippen molar-refractivity contribution in [3.8, 4) is 11.1 Å². The number of carbonyl (C=O) groups is 2. The number of allylic oxidation sites excluding steroid dienone is 1. The Kier molecular flexibility index (Phi) is 9.69. The molecule has 0 unspecified atom stereocenters. The number of nitrogens with one attached hydrogen (secondary N) is 1. The first-order valence-electron chi connectivity index (χ1n) is 12.1. The average molecular weight is 524 g/mol. The molecule has 0 aliphatic rings. The number of imidazole rings is 1. The number of hydrogen-bond donors (Lipinski definition) is 1. The number of esters is 1. The maximum absolute atomic E-state index is 13.6. The Morgan fingerprint density at radius 2 is 1.92 bits per heavy atom. The van der Waals surface area contributed by atoms with Crippen LogP contribution in [-0.2, 0) is 23.0 Å². The summed E-state index contributed by atoms with van der Waals surface area (Å²) in [4.78, 5) is 30.6. The van der Waals surface area contributed by atoms with Gasteiger partial charge in [0.05, 0.1) is 0 Å². The van der Waals surface area contributed by atoms with E-state index in [4.69, 9.17) is 4.74 Å². The van der Waals surface area contributed by atoms with Crippen LogP contribution in [0.1, 0.15) is 48.9 Å². The van der Waals surface area contributed by atoms with Crippen molar-refractivity contribution in [3.05, 3.63) is 83.7 Å². The molecule has 196 valence electrons. The fourth-order valence-corrected chi connectivity index (χ4v) is 4.19. The summed E-state index contributed by atoms with van der Waals surface area (Å²) in [7, 11) is 1.94. The molecule has 0 aliphatic carbocycles. The number of aryl methyl sites for hydroxylation is 1. The minimum Gasteiger partial charge on any atom is -0.458 e. The molecule has 1 heterocycles. The molecule has 8 heteroatoms. The van der Waals surface area contributed by atoms with E-state index >= 15 is 0 Å². The lowest BCUT2D eigenvalue weighted by molar-refractivity contribution is -0.157. The second-order valence-corrected chi connectivity index (χ2v) is 10.7. The number of aromatic nitrogens is 2. The molecule has 1 N–H and O–H groups in total. The normalized spacial score (nSPS) is 12.5. The summed E-state index contributed by atoms with van der Waals surface area (Å²) in [6, 6.07) is 10.7. The van der Waals surface area contributed by atoms with Crippen LogP contribution in [-0.4, -0.2) is 45.1 Å². The highest BCUT2D eigenvalue weighted by atomic mass is 32.2. The number of ether oxygens (including phenoxy) is 1. The van der Waals surface area contributed by atoms with Crippen LogP contribution >= 0.6 is 11.8 Å². The van der Waals surface area contributed by atoms with E-state index in [-0.39, 0.29) is 11.7 Å². The van der Waals surface area contributed by atoms with E-state index in [1.165, 1.54) is 12.1 Å². The summed E-state index contributed by atoms with van der Waals surface area (Å²) in [5, 5.41) is 2.87. The van der Waals surface area contributed by atoms with Gasteiger partial charge in [-0.05, 0) is 80.2 Å². The van der Waals surface area contributed by atoms with Gasteiger partial charge in [0.2, 0.25) is 0 Å². The number of hydrogen-bond acceptors (Lipinski definition) is 5. The molecule has 2 aromatic carbocycles. The summed E-state index contributed by atoms with van der Waals surface area (Å²) >= 11 is 1.59. The average Bonchev–Trinajstić information content (AvgIpc) is 3.25. The predicted octanol–water partition coefficient (Wildman–Crippen LogP) is 5.68. The van der Waals surface area contributed by atoms with Crippen molar-refractivity contribution < 1.29 is 18.7 Å². The zero-order valence-electron chi connectivity index (χ0n) is 22.0. The van der Waals surface area contributed by atoms with Gasteiger partial charge in [-0.15, -0.1) is 0 Å². The second kappa shape index (κ2) is 12.7. The molecule has 37 heavy (non-hydrogen) atoms. The first kappa shape index (κ1) is 28.2. The van der Waals surface area contributed by atoms with Gasteiger partial charge in [-0.25, -0.2) is 14.2 Å². The highest BCUT2D eigenvalue weighted by molar-refractivity contribution is 7.98. The zero-order valence-corrected chi connectivity index (χ0v) is 22.8. The first-order chi connectivity index (χ1) is 17.6. The van der Waals surface area contributed by atoms with Crippen LogP contribution < -0.4 is 5.32 Å². The third-order valence-electron chi connectivity index (χ3n) is 5.58. The van der Waals surface area contributed by atoms with Gasteiger partial charge >= 0.3 is 5.97 Å². The monoisotopic (exact) mass is 523 g/mol. The van der Waals surface area contributed by atoms with Crippen LogP contribution in [0.25, 0.3) is 17.2 Å². The van der Waals surface area contributed by atoms with E-state index in [1.54, 1.807) is 56.9 Å². The second-order valence-electron chi connectivity index (χ2n) is 9.71. The first-order valence-corrected chi connectivity index (χ1v) is 13.5. The fraction of sp³-hybridized carbons (Fsp3) is 0.345. The number of benzene rings is 2. The molecule has 3 aromatic rings. The number of amides is 1. The Morgan fingerprint density at radius 3 is 2.54 bits per heavy atom. The van der Waals surface area contributed by atoms with E-state index in [0.717, 1.165) is 11.4 Å². The lowest BCUT2D eigenvalue weighted by Gasteiger charge is -2.25. The maximum Gasteiger partial charge on any atom is 0.329 e. The largest absolute Gasteiger partial charge is 0.458 e. The van der Waals surface area contributed by atoms with Gasteiger partial charge in [0, 0.05) is 31.4 Å². The molecule has 0 spiro atoms. The smallest absolute Gasteiger partial charge is 0.329 e. The van der Waals surface area contributed by atoms with Crippen LogP contribution in [0.3, 0.4) is 0 Å². The van der Waals surface area contributed by atoms with Gasteiger partial charge in [0.1, 0.15) is 23.3 Å². The Hall–Kier alpha value is -3.39. The molecule has 0 aliphatic heterocycles. The van der Waals surface area contributed by atoms with Gasteiger partial charge in [-0.2, -0.15) is 11.8 Å². The van der Waals surface area contributed by atoms with Crippen molar-refractivity contribution in [3.63, 3.8) is 0 Å². The van der Waals surface area contributed by atoms with Gasteiger partial charge in [0.15, 0.2) is 0 Å². The van der Waals surface area contributed by atoms with Gasteiger partial charge in [0.25, 0.3) is 5.91 Å². The van der Waals surface area contributed by atoms with E-state index < -0.39 is 17.6 Å². The van der Waals surface area contributed by atoms with E-state index in [0.29, 0.717) is 35.3 Å². The summed E-state index contributed by atoms with van der Waals surface area (Å²) in [6.45, 7) is 5.39. The number of nitrogens with zero attached hydrogens (tertiary/aromatic N) is 2. The number of thioether (sulfide) groups is 1. The molecular weight excluding hydrogens is 489 g/mol. The highest BCUT2D eigenvalue weighted by Gasteiger charge is 2.27. The Balaban J connectivity index is 1.90. The van der Waals surface area contributed by atoms with Crippen molar-refractivity contribution in [1.29, 1.82) is 0 Å². The van der Waals surface area contributed by atoms with Crippen molar-refractivity contribution in [2.24, 2.45) is 7.05 Å². The summed E-state index contributed by atoms with van der Waals surface area (Å²) in [5.41, 5.74) is 1.96. The number of halogens is 1. The van der Waals surface area contributed by atoms with Crippen LogP contribution in [0.5, 0.6) is 0 Å². The minimum atomic E-state index is -0.780. The molecule has 1 amide bonds. The molecular formula is C29H34FN3O3S. The third kappa shape index (κ3) is 8.32. The van der Waals surface area contributed by atoms with E-state index in [9.17, 15) is 14.0 Å². The van der Waals surface area contributed by atoms with Crippen LogP contribution in [0.4, 0.5) is 4.39 Å². The molecule has 6 nitrogen and oxygen atoms in total. The Labute approximate surface area is 222 Å². The van der Waals surface area contributed by atoms with E-state index in [1.807, 2.05) is 48.4 Å². The van der Waals surface area contributed by atoms with Crippen LogP contribution in [0.2, 0.25) is 0 Å². The third-order valence-corrected chi connectivity index (χ3v) is 6.23. The lowest BCUT2D eigenvalue weighted by atomic mass is 9.96. The predicted molar refractivity (Wildman–Crippen MR) is 148 cm³/mol. The van der Waals surface area contributed by atoms with Crippen molar-refractivity contribution in [1.82, 2.24) is 14.9 Å². The lowest BCUT2D eigenvalue weighted by Crippen LogP contribution is -2.44. The summed E-state index contributed by atoms with van der Waals surface area (Å²) in [5.74, 6) is 0.411. The molecule has 3 rings (SSSR count). The Bertz CT molecular complexity index is 1250. The molecule has 1 atom stereocenters. The number of rotatable bonds is 10. The van der Waals surface area contributed by atoms with E-state index in [2.05, 4.69) is 10.3 Å². The van der Waals surface area contributed by atoms with Gasteiger partial charge < -0.3 is 14.6 Å². The Morgan fingerprint density at radius 1 is 1.19 bits per heavy atom. The minimum absolute atomic E-state index is 0.358. The molecule has 0 radical (unpaired) electrons. The number of carbonyl (C=O) groups excluding carboxylic acids is 2. The van der Waals surface area contributed by atoms with Crippen LogP contribution in [0.15, 0.2) is 60.9 Å². The molecule has 0 saturated carbocycles. The summed E-state index contributed by atoms with van der Waals surface area (Å²) in [6.07, 6.45) is 10.7. The van der Waals surface area contributed by atoms with Crippen LogP contribution in [0, 0.1) is 5.82 Å². The molecule has 1 aromatic heterocycles. The quantitative estimate of drug-likeness (QED) is 0.347. The SMILES string of the molecule is CSCC[C@H](NC(=O)c1ccc(C=CCc2nccn2C)cc1-c1ccc(F)cc1)C(=O)OC(C)(C)C. The standard InChI is InChI=1S/C29H34FN3O3S/c1-29(2,3)36-28(35)25(15-18-37-5)32-27(34)23-14-9-20(7-6-8-26-31-16-17-33(26)4)19-24(23)21-10-12-22(30)13-11-21/h6-7,9-14,16-17,19,25H,8,15,18H2,1-5H3,(H,32,34)/t25-/m0/s1. The molecule has 0 bridgehead atoms. The van der Waals surface area contributed by atoms with Gasteiger partial charge in [-0.3, -0.25) is 4.79 Å². The van der Waals surface area contributed by atoms with Crippen molar-refractivity contribution in [2.45, 2.75) is 45.3 Å². The van der Waals surface area contributed by atoms with Gasteiger partial charge in [-0.1, -0.05) is 30.4 Å². The zero-order chi connectivity index (χ0) is 27.0. The molecule has 0 saturated heterocycles.